The van der Waals surface area contributed by atoms with Crippen LogP contribution >= 0.6 is 0 Å². The third-order valence-electron chi connectivity index (χ3n) is 6.77. The van der Waals surface area contributed by atoms with E-state index >= 15 is 0 Å². The molecule has 40 heavy (non-hydrogen) atoms. The van der Waals surface area contributed by atoms with Crippen LogP contribution in [0.1, 0.15) is 65.9 Å². The second-order valence-electron chi connectivity index (χ2n) is 12.4. The molecule has 1 aromatic heterocycles. The minimum Gasteiger partial charge on any atom is -0.444 e. The van der Waals surface area contributed by atoms with E-state index in [1.807, 2.05) is 25.7 Å². The Hall–Kier alpha value is -2.83. The third kappa shape index (κ3) is 9.38. The van der Waals surface area contributed by atoms with Gasteiger partial charge in [0.25, 0.3) is 0 Å². The number of nitrogens with one attached hydrogen (secondary N) is 1. The van der Waals surface area contributed by atoms with Crippen molar-refractivity contribution in [1.29, 1.82) is 0 Å². The summed E-state index contributed by atoms with van der Waals surface area (Å²) in [5.41, 5.74) is -2.05. The first kappa shape index (κ1) is 31.7. The smallest absolute Gasteiger partial charge is 0.433 e. The lowest BCUT2D eigenvalue weighted by Crippen LogP contribution is -2.54. The minimum atomic E-state index is -4.52. The summed E-state index contributed by atoms with van der Waals surface area (Å²) in [6.07, 6.45) is -3.17. The molecule has 3 rings (SSSR count). The van der Waals surface area contributed by atoms with Crippen molar-refractivity contribution in [2.45, 2.75) is 71.6 Å². The van der Waals surface area contributed by atoms with Gasteiger partial charge in [0.15, 0.2) is 0 Å². The summed E-state index contributed by atoms with van der Waals surface area (Å²) < 4.78 is 45.7. The van der Waals surface area contributed by atoms with Gasteiger partial charge in [0.05, 0.1) is 0 Å². The summed E-state index contributed by atoms with van der Waals surface area (Å²) in [6.45, 7) is 16.7. The molecule has 0 aliphatic carbocycles. The van der Waals surface area contributed by atoms with E-state index in [1.54, 1.807) is 30.6 Å². The number of ether oxygens (including phenoxy) is 1. The summed E-state index contributed by atoms with van der Waals surface area (Å²) in [7, 11) is 0. The number of rotatable bonds is 6. The molecule has 2 aliphatic heterocycles. The number of hydrogen-bond donors (Lipinski definition) is 1. The van der Waals surface area contributed by atoms with Crippen LogP contribution in [0.5, 0.6) is 0 Å². The number of carbonyl (C=O) groups is 2. The van der Waals surface area contributed by atoms with Crippen molar-refractivity contribution in [3.63, 3.8) is 0 Å². The Morgan fingerprint density at radius 3 is 2.02 bits per heavy atom. The van der Waals surface area contributed by atoms with Gasteiger partial charge in [-0.15, -0.1) is 0 Å². The Balaban J connectivity index is 1.35. The van der Waals surface area contributed by atoms with E-state index in [0.29, 0.717) is 51.6 Å². The fraction of sp³-hybridized carbons (Fsp3) is 0.778. The zero-order valence-corrected chi connectivity index (χ0v) is 24.6. The van der Waals surface area contributed by atoms with Gasteiger partial charge < -0.3 is 24.8 Å². The van der Waals surface area contributed by atoms with Gasteiger partial charge in [-0.25, -0.2) is 19.6 Å². The van der Waals surface area contributed by atoms with Gasteiger partial charge in [-0.05, 0) is 40.2 Å². The SMILES string of the molecule is CC(C)(C)OC(=O)N1CCN(C(=O)NCCCCN2CCN(c3cc(C(F)(F)F)nc(C(C)(C)C)n3)CC2)CC1. The predicted octanol–water partition coefficient (Wildman–Crippen LogP) is 3.96. The highest BCUT2D eigenvalue weighted by atomic mass is 19.4. The number of alkyl halides is 3. The average molecular weight is 572 g/mol. The number of urea groups is 1. The van der Waals surface area contributed by atoms with Gasteiger partial charge in [-0.1, -0.05) is 20.8 Å². The number of anilines is 1. The van der Waals surface area contributed by atoms with Crippen molar-refractivity contribution < 1.29 is 27.5 Å². The van der Waals surface area contributed by atoms with Gasteiger partial charge in [-0.2, -0.15) is 13.2 Å². The average Bonchev–Trinajstić information content (AvgIpc) is 2.86. The highest BCUT2D eigenvalue weighted by Gasteiger charge is 2.36. The van der Waals surface area contributed by atoms with Crippen LogP contribution in [-0.2, 0) is 16.3 Å². The lowest BCUT2D eigenvalue weighted by atomic mass is 9.95. The van der Waals surface area contributed by atoms with Crippen LogP contribution in [0.15, 0.2) is 6.07 Å². The minimum absolute atomic E-state index is 0.129. The van der Waals surface area contributed by atoms with Crippen molar-refractivity contribution in [3.8, 4) is 0 Å². The summed E-state index contributed by atoms with van der Waals surface area (Å²) in [6, 6.07) is 0.917. The topological polar surface area (TPSA) is 94.1 Å². The van der Waals surface area contributed by atoms with Crippen molar-refractivity contribution >= 4 is 17.9 Å². The maximum atomic E-state index is 13.5. The molecular weight excluding hydrogens is 527 g/mol. The van der Waals surface area contributed by atoms with Gasteiger partial charge in [0, 0.05) is 70.4 Å². The fourth-order valence-corrected chi connectivity index (χ4v) is 4.46. The Labute approximate surface area is 235 Å². The molecule has 0 saturated carbocycles. The molecule has 2 aliphatic rings. The molecule has 2 fully saturated rings. The van der Waals surface area contributed by atoms with E-state index in [9.17, 15) is 22.8 Å². The second-order valence-corrected chi connectivity index (χ2v) is 12.4. The molecule has 3 amide bonds. The van der Waals surface area contributed by atoms with Crippen molar-refractivity contribution in [2.24, 2.45) is 0 Å². The number of aromatic nitrogens is 2. The Morgan fingerprint density at radius 2 is 1.48 bits per heavy atom. The zero-order chi connectivity index (χ0) is 29.7. The molecule has 10 nitrogen and oxygen atoms in total. The van der Waals surface area contributed by atoms with Crippen LogP contribution in [-0.4, -0.2) is 108 Å². The Morgan fingerprint density at radius 1 is 0.875 bits per heavy atom. The molecule has 0 atom stereocenters. The molecule has 0 unspecified atom stereocenters. The number of hydrogen-bond acceptors (Lipinski definition) is 7. The standard InChI is InChI=1S/C27H44F3N7O3/c1-25(2,3)22-32-20(27(28,29)30)19-21(33-22)35-13-11-34(12-14-35)10-8-7-9-31-23(38)36-15-17-37(18-16-36)24(39)40-26(4,5)6/h19H,7-18H2,1-6H3,(H,31,38). The van der Waals surface area contributed by atoms with Crippen LogP contribution in [0, 0.1) is 0 Å². The van der Waals surface area contributed by atoms with Crippen molar-refractivity contribution in [3.05, 3.63) is 17.6 Å². The number of halogens is 3. The van der Waals surface area contributed by atoms with Crippen molar-refractivity contribution in [1.82, 2.24) is 30.0 Å². The van der Waals surface area contributed by atoms with E-state index in [0.717, 1.165) is 38.5 Å². The second kappa shape index (κ2) is 12.8. The quantitative estimate of drug-likeness (QED) is 0.517. The normalized spacial score (nSPS) is 17.7. The number of unbranched alkanes of at least 4 members (excludes halogenated alkanes) is 1. The highest BCUT2D eigenvalue weighted by Crippen LogP contribution is 2.32. The molecule has 0 aromatic carbocycles. The Kier molecular flexibility index (Phi) is 10.1. The predicted molar refractivity (Wildman–Crippen MR) is 146 cm³/mol. The van der Waals surface area contributed by atoms with Gasteiger partial charge in [-0.3, -0.25) is 4.90 Å². The van der Waals surface area contributed by atoms with E-state index in [-0.39, 0.29) is 17.9 Å². The largest absolute Gasteiger partial charge is 0.444 e. The molecule has 1 aromatic rings. The van der Waals surface area contributed by atoms with Gasteiger partial charge in [0.1, 0.15) is 22.9 Å². The maximum Gasteiger partial charge on any atom is 0.433 e. The number of piperazine rings is 2. The first-order chi connectivity index (χ1) is 18.5. The Bertz CT molecular complexity index is 976. The number of amides is 3. The van der Waals surface area contributed by atoms with Crippen LogP contribution in [0.4, 0.5) is 28.6 Å². The molecule has 2 saturated heterocycles. The molecule has 0 bridgehead atoms. The molecule has 0 spiro atoms. The first-order valence-corrected chi connectivity index (χ1v) is 14.0. The monoisotopic (exact) mass is 571 g/mol. The fourth-order valence-electron chi connectivity index (χ4n) is 4.46. The van der Waals surface area contributed by atoms with Crippen LogP contribution in [0.25, 0.3) is 0 Å². The first-order valence-electron chi connectivity index (χ1n) is 14.0. The molecule has 3 heterocycles. The molecular formula is C27H44F3N7O3. The lowest BCUT2D eigenvalue weighted by molar-refractivity contribution is -0.141. The maximum absolute atomic E-state index is 13.5. The van der Waals surface area contributed by atoms with E-state index in [1.165, 1.54) is 0 Å². The lowest BCUT2D eigenvalue weighted by Gasteiger charge is -2.36. The van der Waals surface area contributed by atoms with E-state index < -0.39 is 22.9 Å². The van der Waals surface area contributed by atoms with Crippen LogP contribution in [0.2, 0.25) is 0 Å². The van der Waals surface area contributed by atoms with E-state index in [4.69, 9.17) is 4.74 Å². The zero-order valence-electron chi connectivity index (χ0n) is 24.6. The molecule has 226 valence electrons. The summed E-state index contributed by atoms with van der Waals surface area (Å²) in [4.78, 5) is 40.4. The van der Waals surface area contributed by atoms with Crippen LogP contribution < -0.4 is 10.2 Å². The van der Waals surface area contributed by atoms with Crippen LogP contribution in [0.3, 0.4) is 0 Å². The molecule has 1 N–H and O–H groups in total. The van der Waals surface area contributed by atoms with Gasteiger partial charge >= 0.3 is 18.3 Å². The molecule has 0 radical (unpaired) electrons. The number of carbonyl (C=O) groups excluding carboxylic acids is 2. The molecule has 13 heteroatoms. The summed E-state index contributed by atoms with van der Waals surface area (Å²) in [5, 5.41) is 2.96. The number of nitrogens with zero attached hydrogens (tertiary/aromatic N) is 6. The van der Waals surface area contributed by atoms with E-state index in [2.05, 4.69) is 20.2 Å². The third-order valence-corrected chi connectivity index (χ3v) is 6.77. The highest BCUT2D eigenvalue weighted by molar-refractivity contribution is 5.75. The van der Waals surface area contributed by atoms with Gasteiger partial charge in [0.2, 0.25) is 0 Å². The summed E-state index contributed by atoms with van der Waals surface area (Å²) >= 11 is 0. The summed E-state index contributed by atoms with van der Waals surface area (Å²) in [5.74, 6) is 0.508. The van der Waals surface area contributed by atoms with Crippen molar-refractivity contribution in [2.75, 3.05) is 70.3 Å².